The average molecular weight is 177 g/mol. The van der Waals surface area contributed by atoms with E-state index in [4.69, 9.17) is 0 Å². The third kappa shape index (κ3) is 2.85. The topological polar surface area (TPSA) is 3.24 Å². The smallest absolute Gasteiger partial charge is 0.0230 e. The molecule has 1 aliphatic rings. The molecular weight excluding hydrogens is 158 g/mol. The molecule has 72 valence electrons. The van der Waals surface area contributed by atoms with Crippen molar-refractivity contribution in [1.82, 2.24) is 4.90 Å². The molecule has 13 heavy (non-hydrogen) atoms. The lowest BCUT2D eigenvalue weighted by Gasteiger charge is -2.26. The minimum Gasteiger partial charge on any atom is -0.302 e. The number of likely N-dealkylation sites (N-methyl/N-ethyl adjacent to an activating group) is 1. The van der Waals surface area contributed by atoms with Crippen LogP contribution in [0.1, 0.15) is 19.8 Å². The lowest BCUT2D eigenvalue weighted by atomic mass is 9.97. The summed E-state index contributed by atoms with van der Waals surface area (Å²) < 4.78 is 0. The van der Waals surface area contributed by atoms with Crippen LogP contribution in [0, 0.1) is 0 Å². The predicted molar refractivity (Wildman–Crippen MR) is 58.8 cm³/mol. The van der Waals surface area contributed by atoms with Crippen molar-refractivity contribution in [2.24, 2.45) is 0 Å². The summed E-state index contributed by atoms with van der Waals surface area (Å²) in [6, 6.07) is 0. The van der Waals surface area contributed by atoms with Gasteiger partial charge in [0.25, 0.3) is 0 Å². The Hall–Kier alpha value is -0.820. The van der Waals surface area contributed by atoms with E-state index in [1.165, 1.54) is 18.5 Å². The van der Waals surface area contributed by atoms with E-state index in [1.807, 2.05) is 6.08 Å². The normalized spacial score (nSPS) is 19.8. The van der Waals surface area contributed by atoms with E-state index in [2.05, 4.69) is 37.6 Å². The lowest BCUT2D eigenvalue weighted by molar-refractivity contribution is 0.350. The fourth-order valence-electron chi connectivity index (χ4n) is 1.75. The largest absolute Gasteiger partial charge is 0.302 e. The zero-order valence-corrected chi connectivity index (χ0v) is 8.71. The standard InChI is InChI=1S/C12H19N/c1-4-6-11-8-9-13(3)10-12(11)7-5-2/h4-5,7H,1,6,8-10H2,2-3H3/b7-5-. The molecule has 0 aliphatic carbocycles. The fourth-order valence-corrected chi connectivity index (χ4v) is 1.75. The monoisotopic (exact) mass is 177 g/mol. The van der Waals surface area contributed by atoms with Crippen LogP contribution < -0.4 is 0 Å². The van der Waals surface area contributed by atoms with Gasteiger partial charge >= 0.3 is 0 Å². The number of hydrogen-bond acceptors (Lipinski definition) is 1. The van der Waals surface area contributed by atoms with Gasteiger partial charge in [-0.3, -0.25) is 0 Å². The Labute approximate surface area is 81.4 Å². The van der Waals surface area contributed by atoms with Gasteiger partial charge in [-0.05, 0) is 32.4 Å². The first-order valence-corrected chi connectivity index (χ1v) is 4.91. The summed E-state index contributed by atoms with van der Waals surface area (Å²) >= 11 is 0. The highest BCUT2D eigenvalue weighted by molar-refractivity contribution is 5.30. The Bertz CT molecular complexity index is 236. The molecular formula is C12H19N. The SMILES string of the molecule is C=CCC1=C(/C=C\C)CN(C)CC1. The highest BCUT2D eigenvalue weighted by Crippen LogP contribution is 2.21. The van der Waals surface area contributed by atoms with Gasteiger partial charge in [-0.1, -0.05) is 23.8 Å². The molecule has 0 amide bonds. The van der Waals surface area contributed by atoms with Crippen LogP contribution in [0.15, 0.2) is 36.0 Å². The molecule has 0 N–H and O–H groups in total. The van der Waals surface area contributed by atoms with Crippen LogP contribution in [0.5, 0.6) is 0 Å². The van der Waals surface area contributed by atoms with Crippen molar-refractivity contribution < 1.29 is 0 Å². The van der Waals surface area contributed by atoms with Gasteiger partial charge in [0.2, 0.25) is 0 Å². The van der Waals surface area contributed by atoms with Crippen LogP contribution in [0.4, 0.5) is 0 Å². The summed E-state index contributed by atoms with van der Waals surface area (Å²) in [5.74, 6) is 0. The van der Waals surface area contributed by atoms with Crippen molar-refractivity contribution in [2.75, 3.05) is 20.1 Å². The molecule has 0 bridgehead atoms. The van der Waals surface area contributed by atoms with Crippen molar-refractivity contribution in [1.29, 1.82) is 0 Å². The van der Waals surface area contributed by atoms with Crippen LogP contribution in [0.2, 0.25) is 0 Å². The summed E-state index contributed by atoms with van der Waals surface area (Å²) in [6.07, 6.45) is 8.60. The minimum atomic E-state index is 1.05. The second kappa shape index (κ2) is 5.03. The van der Waals surface area contributed by atoms with E-state index in [1.54, 1.807) is 5.57 Å². The third-order valence-corrected chi connectivity index (χ3v) is 2.45. The van der Waals surface area contributed by atoms with Gasteiger partial charge < -0.3 is 4.90 Å². The van der Waals surface area contributed by atoms with Crippen molar-refractivity contribution >= 4 is 0 Å². The second-order valence-corrected chi connectivity index (χ2v) is 3.61. The van der Waals surface area contributed by atoms with Crippen LogP contribution in [-0.4, -0.2) is 25.0 Å². The predicted octanol–water partition coefficient (Wildman–Crippen LogP) is 2.77. The first-order chi connectivity index (χ1) is 6.27. The van der Waals surface area contributed by atoms with Gasteiger partial charge in [0.1, 0.15) is 0 Å². The molecule has 0 saturated heterocycles. The van der Waals surface area contributed by atoms with Crippen LogP contribution in [0.25, 0.3) is 0 Å². The molecule has 1 aliphatic heterocycles. The van der Waals surface area contributed by atoms with E-state index in [0.717, 1.165) is 13.0 Å². The van der Waals surface area contributed by atoms with Crippen LogP contribution in [-0.2, 0) is 0 Å². The minimum absolute atomic E-state index is 1.05. The molecule has 0 unspecified atom stereocenters. The molecule has 0 spiro atoms. The van der Waals surface area contributed by atoms with Crippen LogP contribution in [0.3, 0.4) is 0 Å². The molecule has 1 heterocycles. The summed E-state index contributed by atoms with van der Waals surface area (Å²) in [4.78, 5) is 2.36. The van der Waals surface area contributed by atoms with Crippen molar-refractivity contribution in [3.8, 4) is 0 Å². The summed E-state index contributed by atoms with van der Waals surface area (Å²) in [5.41, 5.74) is 3.04. The van der Waals surface area contributed by atoms with Gasteiger partial charge in [-0.15, -0.1) is 6.58 Å². The first kappa shape index (κ1) is 10.3. The molecule has 0 radical (unpaired) electrons. The van der Waals surface area contributed by atoms with Gasteiger partial charge in [0.15, 0.2) is 0 Å². The zero-order chi connectivity index (χ0) is 9.68. The molecule has 0 saturated carbocycles. The maximum Gasteiger partial charge on any atom is 0.0230 e. The Morgan fingerprint density at radius 2 is 2.31 bits per heavy atom. The molecule has 0 aromatic heterocycles. The Morgan fingerprint density at radius 3 is 2.92 bits per heavy atom. The van der Waals surface area contributed by atoms with E-state index < -0.39 is 0 Å². The number of hydrogen-bond donors (Lipinski definition) is 0. The van der Waals surface area contributed by atoms with E-state index >= 15 is 0 Å². The Balaban J connectivity index is 2.79. The number of nitrogens with zero attached hydrogens (tertiary/aromatic N) is 1. The van der Waals surface area contributed by atoms with Crippen molar-refractivity contribution in [3.63, 3.8) is 0 Å². The zero-order valence-electron chi connectivity index (χ0n) is 8.71. The summed E-state index contributed by atoms with van der Waals surface area (Å²) in [7, 11) is 2.17. The number of allylic oxidation sites excluding steroid dienone is 2. The summed E-state index contributed by atoms with van der Waals surface area (Å²) in [5, 5.41) is 0. The maximum absolute atomic E-state index is 3.80. The third-order valence-electron chi connectivity index (χ3n) is 2.45. The van der Waals surface area contributed by atoms with E-state index in [-0.39, 0.29) is 0 Å². The molecule has 0 atom stereocenters. The molecule has 0 fully saturated rings. The highest BCUT2D eigenvalue weighted by atomic mass is 15.1. The molecule has 0 aromatic rings. The Morgan fingerprint density at radius 1 is 1.54 bits per heavy atom. The number of rotatable bonds is 3. The first-order valence-electron chi connectivity index (χ1n) is 4.91. The van der Waals surface area contributed by atoms with Crippen LogP contribution >= 0.6 is 0 Å². The molecule has 1 nitrogen and oxygen atoms in total. The average Bonchev–Trinajstić information content (AvgIpc) is 2.10. The highest BCUT2D eigenvalue weighted by Gasteiger charge is 2.12. The van der Waals surface area contributed by atoms with Crippen molar-refractivity contribution in [2.45, 2.75) is 19.8 Å². The summed E-state index contributed by atoms with van der Waals surface area (Å²) in [6.45, 7) is 8.15. The molecule has 1 rings (SSSR count). The Kier molecular flexibility index (Phi) is 3.97. The van der Waals surface area contributed by atoms with Gasteiger partial charge in [0.05, 0.1) is 0 Å². The van der Waals surface area contributed by atoms with Crippen molar-refractivity contribution in [3.05, 3.63) is 36.0 Å². The van der Waals surface area contributed by atoms with E-state index in [0.29, 0.717) is 0 Å². The van der Waals surface area contributed by atoms with E-state index in [9.17, 15) is 0 Å². The molecule has 1 heteroatoms. The lowest BCUT2D eigenvalue weighted by Crippen LogP contribution is -2.27. The second-order valence-electron chi connectivity index (χ2n) is 3.61. The maximum atomic E-state index is 3.80. The quantitative estimate of drug-likeness (QED) is 0.599. The van der Waals surface area contributed by atoms with Gasteiger partial charge in [0, 0.05) is 13.1 Å². The van der Waals surface area contributed by atoms with Gasteiger partial charge in [-0.25, -0.2) is 0 Å². The molecule has 0 aromatic carbocycles. The van der Waals surface area contributed by atoms with Gasteiger partial charge in [-0.2, -0.15) is 0 Å². The fraction of sp³-hybridized carbons (Fsp3) is 0.500.